The molecule has 1 heterocycles. The third kappa shape index (κ3) is 5.04. The molecule has 0 fully saturated rings. The van der Waals surface area contributed by atoms with Crippen LogP contribution < -0.4 is 4.74 Å². The molecule has 3 rings (SSSR count). The van der Waals surface area contributed by atoms with Crippen LogP contribution in [0.3, 0.4) is 0 Å². The van der Waals surface area contributed by atoms with E-state index in [0.29, 0.717) is 21.5 Å². The van der Waals surface area contributed by atoms with Crippen molar-refractivity contribution >= 4 is 35.3 Å². The fourth-order valence-corrected chi connectivity index (χ4v) is 3.52. The molecule has 0 atom stereocenters. The minimum Gasteiger partial charge on any atom is -0.500 e. The summed E-state index contributed by atoms with van der Waals surface area (Å²) in [5.41, 5.74) is 0.872. The molecule has 0 aliphatic rings. The van der Waals surface area contributed by atoms with Crippen molar-refractivity contribution in [3.8, 4) is 11.5 Å². The van der Waals surface area contributed by atoms with Crippen LogP contribution in [0.5, 0.6) is 11.5 Å². The Morgan fingerprint density at radius 3 is 2.93 bits per heavy atom. The lowest BCUT2D eigenvalue weighted by molar-refractivity contribution is -0.386. The lowest BCUT2D eigenvalue weighted by Gasteiger charge is -2.07. The Balaban J connectivity index is 1.81. The van der Waals surface area contributed by atoms with Gasteiger partial charge in [-0.1, -0.05) is 41.6 Å². The van der Waals surface area contributed by atoms with Crippen LogP contribution in [0.4, 0.5) is 5.69 Å². The summed E-state index contributed by atoms with van der Waals surface area (Å²) in [6.45, 7) is 1.96. The van der Waals surface area contributed by atoms with Gasteiger partial charge in [0.15, 0.2) is 5.75 Å². The number of benzene rings is 2. The van der Waals surface area contributed by atoms with Gasteiger partial charge in [0, 0.05) is 22.4 Å². The normalized spacial score (nSPS) is 11.1. The highest BCUT2D eigenvalue weighted by Crippen LogP contribution is 2.36. The Hall–Kier alpha value is -3.11. The van der Waals surface area contributed by atoms with Gasteiger partial charge in [-0.3, -0.25) is 10.1 Å². The van der Waals surface area contributed by atoms with E-state index < -0.39 is 16.4 Å². The lowest BCUT2D eigenvalue weighted by Crippen LogP contribution is -1.98. The number of aromatic hydroxyl groups is 1. The summed E-state index contributed by atoms with van der Waals surface area (Å²) in [4.78, 5) is 10.5. The molecular weight excluding hydrogens is 418 g/mol. The van der Waals surface area contributed by atoms with Crippen LogP contribution in [0.2, 0.25) is 5.02 Å². The lowest BCUT2D eigenvalue weighted by atomic mass is 10.2. The highest BCUT2D eigenvalue weighted by Gasteiger charge is 2.19. The molecule has 29 heavy (non-hydrogen) atoms. The number of hydrogen-bond acceptors (Lipinski definition) is 8. The minimum atomic E-state index is -0.682. The molecule has 2 aromatic carbocycles. The quantitative estimate of drug-likeness (QED) is 0.246. The van der Waals surface area contributed by atoms with Gasteiger partial charge in [0.05, 0.1) is 17.7 Å². The molecule has 1 aromatic heterocycles. The van der Waals surface area contributed by atoms with Gasteiger partial charge in [-0.15, -0.1) is 10.2 Å². The van der Waals surface area contributed by atoms with Gasteiger partial charge in [-0.25, -0.2) is 0 Å². The number of halogens is 1. The molecule has 0 radical (unpaired) electrons. The average molecular weight is 434 g/mol. The first-order valence-electron chi connectivity index (χ1n) is 8.44. The molecule has 1 N–H and O–H groups in total. The number of hydrogen-bond donors (Lipinski definition) is 1. The Labute approximate surface area is 175 Å². The molecule has 11 heteroatoms. The van der Waals surface area contributed by atoms with Crippen LogP contribution in [0.1, 0.15) is 18.1 Å². The van der Waals surface area contributed by atoms with Crippen LogP contribution in [0.25, 0.3) is 0 Å². The van der Waals surface area contributed by atoms with Crippen LogP contribution in [-0.2, 0) is 5.75 Å². The summed E-state index contributed by atoms with van der Waals surface area (Å²) in [6, 6.07) is 10.2. The van der Waals surface area contributed by atoms with Gasteiger partial charge >= 0.3 is 5.69 Å². The van der Waals surface area contributed by atoms with Crippen molar-refractivity contribution < 1.29 is 14.8 Å². The molecule has 0 aliphatic carbocycles. The van der Waals surface area contributed by atoms with Gasteiger partial charge < -0.3 is 9.84 Å². The van der Waals surface area contributed by atoms with E-state index in [4.69, 9.17) is 16.3 Å². The van der Waals surface area contributed by atoms with Gasteiger partial charge in [-0.05, 0) is 24.6 Å². The van der Waals surface area contributed by atoms with Gasteiger partial charge in [0.2, 0.25) is 10.9 Å². The zero-order valence-electron chi connectivity index (χ0n) is 15.2. The Kier molecular flexibility index (Phi) is 6.68. The smallest absolute Gasteiger partial charge is 0.315 e. The fraction of sp³-hybridized carbons (Fsp3) is 0.167. The number of aromatic nitrogens is 3. The molecule has 0 unspecified atom stereocenters. The number of phenolic OH excluding ortho intramolecular Hbond substituents is 1. The number of nitro benzene ring substituents is 1. The zero-order chi connectivity index (χ0) is 20.8. The molecule has 0 amide bonds. The maximum absolute atomic E-state index is 11.2. The second-order valence-corrected chi connectivity index (χ2v) is 7.01. The van der Waals surface area contributed by atoms with Crippen LogP contribution in [0.15, 0.2) is 53.0 Å². The van der Waals surface area contributed by atoms with Crippen molar-refractivity contribution in [2.45, 2.75) is 17.8 Å². The maximum Gasteiger partial charge on any atom is 0.315 e. The number of nitrogens with zero attached hydrogens (tertiary/aromatic N) is 5. The van der Waals surface area contributed by atoms with Crippen LogP contribution >= 0.6 is 23.4 Å². The third-order valence-electron chi connectivity index (χ3n) is 3.72. The molecule has 0 saturated heterocycles. The molecule has 150 valence electrons. The summed E-state index contributed by atoms with van der Waals surface area (Å²) < 4.78 is 6.71. The predicted octanol–water partition coefficient (Wildman–Crippen LogP) is 4.12. The van der Waals surface area contributed by atoms with Crippen molar-refractivity contribution in [3.63, 3.8) is 0 Å². The zero-order valence-corrected chi connectivity index (χ0v) is 16.8. The average Bonchev–Trinajstić information content (AvgIpc) is 3.15. The Morgan fingerprint density at radius 1 is 1.41 bits per heavy atom. The molecule has 0 spiro atoms. The number of rotatable bonds is 8. The Morgan fingerprint density at radius 2 is 2.21 bits per heavy atom. The highest BCUT2D eigenvalue weighted by atomic mass is 35.5. The van der Waals surface area contributed by atoms with E-state index in [1.54, 1.807) is 6.92 Å². The number of phenols is 1. The topological polar surface area (TPSA) is 116 Å². The monoisotopic (exact) mass is 433 g/mol. The highest BCUT2D eigenvalue weighted by molar-refractivity contribution is 7.98. The predicted molar refractivity (Wildman–Crippen MR) is 110 cm³/mol. The molecule has 0 saturated carbocycles. The van der Waals surface area contributed by atoms with Gasteiger partial charge in [0.1, 0.15) is 6.33 Å². The van der Waals surface area contributed by atoms with Crippen molar-refractivity contribution in [3.05, 3.63) is 69.0 Å². The largest absolute Gasteiger partial charge is 0.500 e. The van der Waals surface area contributed by atoms with Crippen molar-refractivity contribution in [1.29, 1.82) is 0 Å². The molecular formula is C18H16ClN5O4S. The number of ether oxygens (including phenoxy) is 1. The first-order chi connectivity index (χ1) is 14.0. The molecule has 9 nitrogen and oxygen atoms in total. The van der Waals surface area contributed by atoms with E-state index in [-0.39, 0.29) is 12.4 Å². The summed E-state index contributed by atoms with van der Waals surface area (Å²) in [7, 11) is 0. The van der Waals surface area contributed by atoms with E-state index in [2.05, 4.69) is 15.3 Å². The molecule has 0 bridgehead atoms. The maximum atomic E-state index is 11.2. The van der Waals surface area contributed by atoms with Crippen molar-refractivity contribution in [2.75, 3.05) is 6.61 Å². The molecule has 3 aromatic rings. The van der Waals surface area contributed by atoms with E-state index in [1.165, 1.54) is 41.1 Å². The van der Waals surface area contributed by atoms with E-state index in [9.17, 15) is 15.2 Å². The van der Waals surface area contributed by atoms with E-state index in [1.807, 2.05) is 24.3 Å². The number of nitro groups is 1. The first kappa shape index (κ1) is 20.6. The van der Waals surface area contributed by atoms with Crippen LogP contribution in [-0.4, -0.2) is 37.7 Å². The van der Waals surface area contributed by atoms with Crippen LogP contribution in [0, 0.1) is 10.1 Å². The van der Waals surface area contributed by atoms with Crippen molar-refractivity contribution in [2.24, 2.45) is 5.10 Å². The summed E-state index contributed by atoms with van der Waals surface area (Å²) in [5, 5.41) is 34.5. The Bertz CT molecular complexity index is 1060. The summed E-state index contributed by atoms with van der Waals surface area (Å²) in [5.74, 6) is 0.0714. The minimum absolute atomic E-state index is 0.0141. The number of thioether (sulfide) groups is 1. The molecule has 0 aliphatic heterocycles. The van der Waals surface area contributed by atoms with Gasteiger partial charge in [0.25, 0.3) is 0 Å². The second-order valence-electron chi connectivity index (χ2n) is 5.66. The fourth-order valence-electron chi connectivity index (χ4n) is 2.37. The standard InChI is InChI=1S/C18H16ClN5O4S/c1-2-28-16-8-12(7-15(17(16)25)24(26)27)9-21-23-11-20-22-18(23)29-10-13-5-3-4-6-14(13)19/h3-9,11,25H,2,10H2,1H3/b21-9+. The van der Waals surface area contributed by atoms with E-state index in [0.717, 1.165) is 5.56 Å². The summed E-state index contributed by atoms with van der Waals surface area (Å²) >= 11 is 7.56. The SMILES string of the molecule is CCOc1cc(/C=N/n2cnnc2SCc2ccccc2Cl)cc([N+](=O)[O-])c1O. The summed E-state index contributed by atoms with van der Waals surface area (Å²) in [6.07, 6.45) is 2.82. The van der Waals surface area contributed by atoms with E-state index >= 15 is 0 Å². The van der Waals surface area contributed by atoms with Crippen molar-refractivity contribution in [1.82, 2.24) is 14.9 Å². The second kappa shape index (κ2) is 9.39. The first-order valence-corrected chi connectivity index (χ1v) is 9.80. The third-order valence-corrected chi connectivity index (χ3v) is 5.07. The van der Waals surface area contributed by atoms with Gasteiger partial charge in [-0.2, -0.15) is 9.78 Å².